The Morgan fingerprint density at radius 1 is 1.43 bits per heavy atom. The number of hydrogen-bond acceptors (Lipinski definition) is 5. The molecule has 0 unspecified atom stereocenters. The molecule has 0 bridgehead atoms. The first-order chi connectivity index (χ1) is 9.89. The zero-order chi connectivity index (χ0) is 15.6. The third-order valence-corrected chi connectivity index (χ3v) is 5.41. The van der Waals surface area contributed by atoms with Crippen molar-refractivity contribution in [2.24, 2.45) is 0 Å². The fourth-order valence-corrected chi connectivity index (χ4v) is 3.70. The van der Waals surface area contributed by atoms with Crippen molar-refractivity contribution in [3.63, 3.8) is 0 Å². The van der Waals surface area contributed by atoms with Crippen LogP contribution < -0.4 is 5.32 Å². The van der Waals surface area contributed by atoms with E-state index >= 15 is 0 Å². The van der Waals surface area contributed by atoms with Gasteiger partial charge in [-0.2, -0.15) is 4.31 Å². The number of nitro groups is 1. The second-order valence-electron chi connectivity index (χ2n) is 5.09. The first-order valence-electron chi connectivity index (χ1n) is 6.89. The number of nitro benzene ring substituents is 1. The molecule has 1 fully saturated rings. The number of benzene rings is 1. The normalized spacial score (nSPS) is 15.2. The van der Waals surface area contributed by atoms with Crippen LogP contribution in [0.3, 0.4) is 0 Å². The van der Waals surface area contributed by atoms with Gasteiger partial charge in [-0.1, -0.05) is 13.0 Å². The Labute approximate surface area is 124 Å². The fraction of sp³-hybridized carbons (Fsp3) is 0.538. The third kappa shape index (κ3) is 3.16. The molecule has 7 nitrogen and oxygen atoms in total. The SMILES string of the molecule is CCCNc1cccc(S(=O)(=O)N(C)C2CC2)c1[N+](=O)[O-]. The Morgan fingerprint density at radius 2 is 2.10 bits per heavy atom. The zero-order valence-electron chi connectivity index (χ0n) is 12.1. The van der Waals surface area contributed by atoms with E-state index in [0.29, 0.717) is 6.54 Å². The highest BCUT2D eigenvalue weighted by molar-refractivity contribution is 7.89. The van der Waals surface area contributed by atoms with Gasteiger partial charge in [-0.25, -0.2) is 8.42 Å². The number of nitrogens with zero attached hydrogens (tertiary/aromatic N) is 2. The molecule has 2 rings (SSSR count). The lowest BCUT2D eigenvalue weighted by atomic mass is 10.2. The van der Waals surface area contributed by atoms with E-state index in [-0.39, 0.29) is 22.3 Å². The lowest BCUT2D eigenvalue weighted by molar-refractivity contribution is -0.386. The molecule has 1 saturated carbocycles. The van der Waals surface area contributed by atoms with Crippen LogP contribution in [0.25, 0.3) is 0 Å². The average Bonchev–Trinajstić information content (AvgIpc) is 3.28. The number of anilines is 1. The quantitative estimate of drug-likeness (QED) is 0.615. The van der Waals surface area contributed by atoms with Crippen molar-refractivity contribution in [3.8, 4) is 0 Å². The van der Waals surface area contributed by atoms with E-state index in [9.17, 15) is 18.5 Å². The lowest BCUT2D eigenvalue weighted by Gasteiger charge is -2.17. The molecular weight excluding hydrogens is 294 g/mol. The van der Waals surface area contributed by atoms with E-state index in [1.165, 1.54) is 29.6 Å². The third-order valence-electron chi connectivity index (χ3n) is 3.47. The molecule has 116 valence electrons. The Bertz CT molecular complexity index is 641. The summed E-state index contributed by atoms with van der Waals surface area (Å²) in [5, 5.41) is 14.3. The van der Waals surface area contributed by atoms with Gasteiger partial charge in [-0.15, -0.1) is 0 Å². The largest absolute Gasteiger partial charge is 0.379 e. The molecule has 21 heavy (non-hydrogen) atoms. The molecule has 1 aliphatic carbocycles. The van der Waals surface area contributed by atoms with E-state index in [4.69, 9.17) is 0 Å². The first kappa shape index (κ1) is 15.7. The molecule has 0 amide bonds. The highest BCUT2D eigenvalue weighted by Gasteiger charge is 2.39. The molecule has 1 aromatic rings. The van der Waals surface area contributed by atoms with Crippen molar-refractivity contribution >= 4 is 21.4 Å². The van der Waals surface area contributed by atoms with Gasteiger partial charge in [0, 0.05) is 19.6 Å². The van der Waals surface area contributed by atoms with Gasteiger partial charge in [-0.05, 0) is 31.4 Å². The van der Waals surface area contributed by atoms with E-state index in [1.807, 2.05) is 6.92 Å². The summed E-state index contributed by atoms with van der Waals surface area (Å²) in [4.78, 5) is 10.5. The van der Waals surface area contributed by atoms with Crippen molar-refractivity contribution in [2.45, 2.75) is 37.1 Å². The molecule has 0 atom stereocenters. The van der Waals surface area contributed by atoms with Gasteiger partial charge >= 0.3 is 5.69 Å². The van der Waals surface area contributed by atoms with E-state index in [0.717, 1.165) is 19.3 Å². The molecule has 1 N–H and O–H groups in total. The summed E-state index contributed by atoms with van der Waals surface area (Å²) in [5.74, 6) is 0. The molecule has 0 spiro atoms. The Morgan fingerprint density at radius 3 is 2.62 bits per heavy atom. The van der Waals surface area contributed by atoms with Crippen molar-refractivity contribution < 1.29 is 13.3 Å². The number of hydrogen-bond donors (Lipinski definition) is 1. The highest BCUT2D eigenvalue weighted by Crippen LogP contribution is 2.37. The number of para-hydroxylation sites is 1. The van der Waals surface area contributed by atoms with E-state index < -0.39 is 14.9 Å². The standard InChI is InChI=1S/C13H19N3O4S/c1-3-9-14-11-5-4-6-12(13(11)16(17)18)21(19,20)15(2)10-7-8-10/h4-6,10,14H,3,7-9H2,1-2H3. The average molecular weight is 313 g/mol. The summed E-state index contributed by atoms with van der Waals surface area (Å²) in [6, 6.07) is 4.31. The summed E-state index contributed by atoms with van der Waals surface area (Å²) >= 11 is 0. The van der Waals surface area contributed by atoms with Crippen LogP contribution in [0.15, 0.2) is 23.1 Å². The second kappa shape index (κ2) is 5.98. The fourth-order valence-electron chi connectivity index (χ4n) is 2.11. The number of sulfonamides is 1. The summed E-state index contributed by atoms with van der Waals surface area (Å²) < 4.78 is 26.4. The Hall–Kier alpha value is -1.67. The van der Waals surface area contributed by atoms with Gasteiger partial charge in [0.05, 0.1) is 4.92 Å². The Kier molecular flexibility index (Phi) is 4.48. The van der Waals surface area contributed by atoms with Crippen molar-refractivity contribution in [3.05, 3.63) is 28.3 Å². The summed E-state index contributed by atoms with van der Waals surface area (Å²) in [6.45, 7) is 2.48. The smallest absolute Gasteiger partial charge is 0.312 e. The molecule has 0 radical (unpaired) electrons. The van der Waals surface area contributed by atoms with Gasteiger partial charge in [0.2, 0.25) is 10.0 Å². The van der Waals surface area contributed by atoms with Gasteiger partial charge in [-0.3, -0.25) is 10.1 Å². The van der Waals surface area contributed by atoms with Gasteiger partial charge in [0.15, 0.2) is 4.90 Å². The summed E-state index contributed by atoms with van der Waals surface area (Å²) in [7, 11) is -2.37. The molecular formula is C13H19N3O4S. The van der Waals surface area contributed by atoms with Crippen LogP contribution in [0.4, 0.5) is 11.4 Å². The zero-order valence-corrected chi connectivity index (χ0v) is 12.9. The molecule has 0 saturated heterocycles. The van der Waals surface area contributed by atoms with Crippen LogP contribution in [0, 0.1) is 10.1 Å². The van der Waals surface area contributed by atoms with Crippen LogP contribution in [-0.2, 0) is 10.0 Å². The van der Waals surface area contributed by atoms with E-state index in [2.05, 4.69) is 5.32 Å². The molecule has 1 aromatic carbocycles. The molecule has 0 aromatic heterocycles. The van der Waals surface area contributed by atoms with Crippen LogP contribution in [0.2, 0.25) is 0 Å². The van der Waals surface area contributed by atoms with Gasteiger partial charge in [0.1, 0.15) is 5.69 Å². The minimum atomic E-state index is -3.85. The van der Waals surface area contributed by atoms with Crippen LogP contribution in [-0.4, -0.2) is 37.3 Å². The minimum Gasteiger partial charge on any atom is -0.379 e. The van der Waals surface area contributed by atoms with E-state index in [1.54, 1.807) is 0 Å². The van der Waals surface area contributed by atoms with Crippen molar-refractivity contribution in [1.29, 1.82) is 0 Å². The Balaban J connectivity index is 2.49. The van der Waals surface area contributed by atoms with Crippen molar-refractivity contribution in [1.82, 2.24) is 4.31 Å². The molecule has 8 heteroatoms. The topological polar surface area (TPSA) is 92.6 Å². The number of rotatable bonds is 7. The highest BCUT2D eigenvalue weighted by atomic mass is 32.2. The second-order valence-corrected chi connectivity index (χ2v) is 7.05. The van der Waals surface area contributed by atoms with Crippen molar-refractivity contribution in [2.75, 3.05) is 18.9 Å². The van der Waals surface area contributed by atoms with Crippen LogP contribution >= 0.6 is 0 Å². The number of nitrogens with one attached hydrogen (secondary N) is 1. The lowest BCUT2D eigenvalue weighted by Crippen LogP contribution is -2.29. The molecule has 1 aliphatic rings. The molecule has 0 heterocycles. The molecule has 0 aliphatic heterocycles. The van der Waals surface area contributed by atoms with Gasteiger partial charge in [0.25, 0.3) is 0 Å². The van der Waals surface area contributed by atoms with Gasteiger partial charge < -0.3 is 5.32 Å². The predicted octanol–water partition coefficient (Wildman–Crippen LogP) is 2.20. The predicted molar refractivity (Wildman–Crippen MR) is 79.8 cm³/mol. The maximum absolute atomic E-state index is 12.6. The van der Waals surface area contributed by atoms with Crippen LogP contribution in [0.5, 0.6) is 0 Å². The summed E-state index contributed by atoms with van der Waals surface area (Å²) in [5.41, 5.74) is -0.134. The maximum Gasteiger partial charge on any atom is 0.312 e. The summed E-state index contributed by atoms with van der Waals surface area (Å²) in [6.07, 6.45) is 2.39. The first-order valence-corrected chi connectivity index (χ1v) is 8.33. The minimum absolute atomic E-state index is 0.0399. The maximum atomic E-state index is 12.6. The van der Waals surface area contributed by atoms with Crippen LogP contribution in [0.1, 0.15) is 26.2 Å². The monoisotopic (exact) mass is 313 g/mol.